The van der Waals surface area contributed by atoms with E-state index in [2.05, 4.69) is 41.8 Å². The molecule has 1 aromatic rings. The predicted molar refractivity (Wildman–Crippen MR) is 83.6 cm³/mol. The number of nitrogens with two attached hydrogens (primary N) is 1. The molecule has 2 rings (SSSR count). The summed E-state index contributed by atoms with van der Waals surface area (Å²) in [7, 11) is -4.14. The van der Waals surface area contributed by atoms with Gasteiger partial charge in [-0.05, 0) is 44.0 Å². The number of allylic oxidation sites excluding steroid dienone is 1. The SMILES string of the molecule is NS(=O)(=O)C1(c2ncc(Br)cc2O)C=C(Br)C(Cl)=NC1. The maximum Gasteiger partial charge on any atom is 0.226 e. The van der Waals surface area contributed by atoms with Crippen LogP contribution >= 0.6 is 43.5 Å². The quantitative estimate of drug-likeness (QED) is 0.726. The molecule has 1 aliphatic rings. The van der Waals surface area contributed by atoms with E-state index in [1.54, 1.807) is 0 Å². The number of hydrogen-bond acceptors (Lipinski definition) is 5. The second kappa shape index (κ2) is 5.38. The minimum Gasteiger partial charge on any atom is -0.506 e. The highest BCUT2D eigenvalue weighted by molar-refractivity contribution is 9.12. The van der Waals surface area contributed by atoms with E-state index in [4.69, 9.17) is 16.7 Å². The van der Waals surface area contributed by atoms with Gasteiger partial charge in [0.05, 0.1) is 11.0 Å². The first-order valence-corrected chi connectivity index (χ1v) is 8.64. The molecule has 108 valence electrons. The zero-order chi connectivity index (χ0) is 15.1. The third-order valence-electron chi connectivity index (χ3n) is 2.75. The third kappa shape index (κ3) is 2.64. The van der Waals surface area contributed by atoms with Crippen molar-refractivity contribution in [3.8, 4) is 5.75 Å². The number of hydrogen-bond donors (Lipinski definition) is 2. The van der Waals surface area contributed by atoms with Crippen LogP contribution in [0.25, 0.3) is 0 Å². The largest absolute Gasteiger partial charge is 0.506 e. The van der Waals surface area contributed by atoms with E-state index in [0.717, 1.165) is 0 Å². The molecule has 0 saturated heterocycles. The Morgan fingerprint density at radius 3 is 2.60 bits per heavy atom. The van der Waals surface area contributed by atoms with Gasteiger partial charge in [0.25, 0.3) is 0 Å². The number of sulfonamides is 1. The van der Waals surface area contributed by atoms with Crippen LogP contribution in [0.5, 0.6) is 5.75 Å². The summed E-state index contributed by atoms with van der Waals surface area (Å²) in [4.78, 5) is 7.88. The van der Waals surface area contributed by atoms with E-state index in [0.29, 0.717) is 4.47 Å². The molecule has 0 amide bonds. The first-order valence-electron chi connectivity index (χ1n) is 5.13. The molecule has 0 aliphatic carbocycles. The summed E-state index contributed by atoms with van der Waals surface area (Å²) in [5, 5.41) is 15.4. The zero-order valence-corrected chi connectivity index (χ0v) is 14.5. The molecule has 2 heterocycles. The first-order chi connectivity index (χ1) is 9.17. The molecular formula is C10H8Br2ClN3O3S. The summed E-state index contributed by atoms with van der Waals surface area (Å²) in [6, 6.07) is 1.33. The molecule has 6 nitrogen and oxygen atoms in total. The van der Waals surface area contributed by atoms with E-state index in [1.807, 2.05) is 0 Å². The van der Waals surface area contributed by atoms with Crippen molar-refractivity contribution in [1.29, 1.82) is 0 Å². The number of halogens is 3. The van der Waals surface area contributed by atoms with Crippen molar-refractivity contribution in [3.05, 3.63) is 33.0 Å². The van der Waals surface area contributed by atoms with Crippen LogP contribution in [0.15, 0.2) is 32.3 Å². The van der Waals surface area contributed by atoms with Gasteiger partial charge in [0.2, 0.25) is 10.0 Å². The van der Waals surface area contributed by atoms with Crippen molar-refractivity contribution < 1.29 is 13.5 Å². The van der Waals surface area contributed by atoms with Crippen LogP contribution in [0, 0.1) is 0 Å². The highest BCUT2D eigenvalue weighted by Crippen LogP contribution is 2.40. The Morgan fingerprint density at radius 1 is 1.45 bits per heavy atom. The highest BCUT2D eigenvalue weighted by Gasteiger charge is 2.47. The van der Waals surface area contributed by atoms with Crippen molar-refractivity contribution >= 4 is 58.7 Å². The topological polar surface area (TPSA) is 106 Å². The number of aromatic hydroxyl groups is 1. The Balaban J connectivity index is 2.74. The van der Waals surface area contributed by atoms with Gasteiger partial charge in [-0.1, -0.05) is 11.6 Å². The fourth-order valence-corrected chi connectivity index (χ4v) is 3.83. The summed E-state index contributed by atoms with van der Waals surface area (Å²) in [5.41, 5.74) is -0.104. The van der Waals surface area contributed by atoms with E-state index in [9.17, 15) is 13.5 Å². The molecule has 0 fully saturated rings. The van der Waals surface area contributed by atoms with Gasteiger partial charge in [-0.25, -0.2) is 13.6 Å². The van der Waals surface area contributed by atoms with Gasteiger partial charge in [0.1, 0.15) is 16.6 Å². The van der Waals surface area contributed by atoms with Gasteiger partial charge in [0, 0.05) is 10.7 Å². The van der Waals surface area contributed by atoms with E-state index in [-0.39, 0.29) is 27.6 Å². The average Bonchev–Trinajstić information content (AvgIpc) is 2.31. The van der Waals surface area contributed by atoms with Gasteiger partial charge in [-0.2, -0.15) is 0 Å². The van der Waals surface area contributed by atoms with Crippen LogP contribution in [0.3, 0.4) is 0 Å². The Morgan fingerprint density at radius 2 is 2.10 bits per heavy atom. The first kappa shape index (κ1) is 15.9. The molecule has 0 radical (unpaired) electrons. The second-order valence-corrected chi connectivity index (χ2v) is 8.00. The van der Waals surface area contributed by atoms with E-state index < -0.39 is 14.8 Å². The number of rotatable bonds is 2. The van der Waals surface area contributed by atoms with Crippen molar-refractivity contribution in [2.75, 3.05) is 6.54 Å². The Bertz CT molecular complexity index is 735. The molecule has 1 aliphatic heterocycles. The lowest BCUT2D eigenvalue weighted by Crippen LogP contribution is -2.44. The molecule has 1 unspecified atom stereocenters. The fraction of sp³-hybridized carbons (Fsp3) is 0.200. The molecule has 0 aromatic carbocycles. The summed E-state index contributed by atoms with van der Waals surface area (Å²) in [5.74, 6) is -0.307. The summed E-state index contributed by atoms with van der Waals surface area (Å²) in [6.07, 6.45) is 2.65. The second-order valence-electron chi connectivity index (χ2n) is 4.06. The van der Waals surface area contributed by atoms with Gasteiger partial charge in [0.15, 0.2) is 4.75 Å². The average molecular weight is 446 g/mol. The number of aliphatic imine (C=N–C) groups is 1. The number of dihydropyridines is 1. The van der Waals surface area contributed by atoms with E-state index >= 15 is 0 Å². The lowest BCUT2D eigenvalue weighted by molar-refractivity contribution is 0.452. The van der Waals surface area contributed by atoms with Crippen LogP contribution in [-0.2, 0) is 14.8 Å². The summed E-state index contributed by atoms with van der Waals surface area (Å²) < 4.78 is 23.1. The maximum absolute atomic E-state index is 12.0. The van der Waals surface area contributed by atoms with Crippen molar-refractivity contribution in [3.63, 3.8) is 0 Å². The lowest BCUT2D eigenvalue weighted by Gasteiger charge is -2.29. The van der Waals surface area contributed by atoms with Crippen LogP contribution in [0.4, 0.5) is 0 Å². The van der Waals surface area contributed by atoms with Gasteiger partial charge < -0.3 is 5.11 Å². The third-order valence-corrected chi connectivity index (χ3v) is 5.80. The molecule has 1 aromatic heterocycles. The lowest BCUT2D eigenvalue weighted by atomic mass is 10.0. The van der Waals surface area contributed by atoms with Crippen molar-refractivity contribution in [2.45, 2.75) is 4.75 Å². The summed E-state index contributed by atoms with van der Waals surface area (Å²) >= 11 is 12.1. The molecule has 20 heavy (non-hydrogen) atoms. The van der Waals surface area contributed by atoms with Crippen LogP contribution in [0.1, 0.15) is 5.69 Å². The number of aromatic nitrogens is 1. The van der Waals surface area contributed by atoms with Gasteiger partial charge in [-0.15, -0.1) is 0 Å². The Labute approximate surface area is 137 Å². The van der Waals surface area contributed by atoms with Crippen LogP contribution < -0.4 is 5.14 Å². The molecule has 0 spiro atoms. The van der Waals surface area contributed by atoms with Crippen molar-refractivity contribution in [1.82, 2.24) is 4.98 Å². The number of nitrogens with zero attached hydrogens (tertiary/aromatic N) is 2. The zero-order valence-electron chi connectivity index (χ0n) is 9.72. The minimum atomic E-state index is -4.14. The van der Waals surface area contributed by atoms with Gasteiger partial charge in [-0.3, -0.25) is 9.98 Å². The Hall–Kier alpha value is -0.480. The smallest absolute Gasteiger partial charge is 0.226 e. The fourth-order valence-electron chi connectivity index (χ4n) is 1.78. The van der Waals surface area contributed by atoms with Crippen LogP contribution in [-0.4, -0.2) is 30.2 Å². The molecule has 0 saturated carbocycles. The van der Waals surface area contributed by atoms with Crippen LogP contribution in [0.2, 0.25) is 0 Å². The molecule has 3 N–H and O–H groups in total. The standard InChI is InChI=1S/C10H8Br2ClN3O3S/c11-5-1-7(17)8(15-3-5)10(20(14,18)19)2-6(12)9(13)16-4-10/h1-3,17H,4H2,(H2,14,18,19). The maximum atomic E-state index is 12.0. The number of pyridine rings is 1. The van der Waals surface area contributed by atoms with Gasteiger partial charge >= 0.3 is 0 Å². The monoisotopic (exact) mass is 443 g/mol. The molecule has 0 bridgehead atoms. The molecule has 1 atom stereocenters. The minimum absolute atomic E-state index is 0.104. The van der Waals surface area contributed by atoms with Crippen molar-refractivity contribution in [2.24, 2.45) is 10.1 Å². The predicted octanol–water partition coefficient (Wildman–Crippen LogP) is 1.96. The normalized spacial score (nSPS) is 23.2. The number of primary sulfonamides is 1. The molecular weight excluding hydrogens is 437 g/mol. The Kier molecular flexibility index (Phi) is 4.27. The highest BCUT2D eigenvalue weighted by atomic mass is 79.9. The van der Waals surface area contributed by atoms with E-state index in [1.165, 1.54) is 18.3 Å². The molecule has 10 heteroatoms. The summed E-state index contributed by atoms with van der Waals surface area (Å²) in [6.45, 7) is -0.262.